The Hall–Kier alpha value is -1.16. The minimum Gasteiger partial charge on any atom is -0.356 e. The predicted octanol–water partition coefficient (Wildman–Crippen LogP) is 2.63. The molecule has 110 valence electrons. The Bertz CT molecular complexity index is 445. The van der Waals surface area contributed by atoms with Crippen molar-refractivity contribution in [1.82, 2.24) is 10.6 Å². The summed E-state index contributed by atoms with van der Waals surface area (Å²) in [5, 5.41) is 6.82. The number of nitrogens with zero attached hydrogens (tertiary/aromatic N) is 1. The van der Waals surface area contributed by atoms with Crippen LogP contribution in [-0.2, 0) is 6.42 Å². The molecule has 2 rings (SSSR count). The van der Waals surface area contributed by atoms with Gasteiger partial charge in [0.15, 0.2) is 5.96 Å². The minimum absolute atomic E-state index is 0.640. The molecule has 1 aromatic carbocycles. The van der Waals surface area contributed by atoms with Gasteiger partial charge in [-0.2, -0.15) is 11.8 Å². The van der Waals surface area contributed by atoms with E-state index in [1.807, 2.05) is 18.8 Å². The molecule has 4 heteroatoms. The van der Waals surface area contributed by atoms with Gasteiger partial charge in [0.1, 0.15) is 0 Å². The summed E-state index contributed by atoms with van der Waals surface area (Å²) < 4.78 is 0. The molecule has 0 heterocycles. The highest BCUT2D eigenvalue weighted by molar-refractivity contribution is 7.98. The van der Waals surface area contributed by atoms with E-state index in [1.165, 1.54) is 36.1 Å². The number of aliphatic imine (C=N–C) groups is 1. The number of unbranched alkanes of at least 4 members (excludes halogenated alkanes) is 1. The van der Waals surface area contributed by atoms with Crippen LogP contribution in [0, 0.1) is 0 Å². The van der Waals surface area contributed by atoms with Gasteiger partial charge in [-0.05, 0) is 42.4 Å². The molecule has 0 spiro atoms. The van der Waals surface area contributed by atoms with E-state index in [1.54, 1.807) is 0 Å². The Morgan fingerprint density at radius 3 is 2.90 bits per heavy atom. The van der Waals surface area contributed by atoms with Crippen LogP contribution >= 0.6 is 11.8 Å². The van der Waals surface area contributed by atoms with Crippen molar-refractivity contribution in [2.24, 2.45) is 4.99 Å². The molecule has 0 saturated carbocycles. The monoisotopic (exact) mass is 291 g/mol. The highest BCUT2D eigenvalue weighted by Crippen LogP contribution is 2.33. The molecule has 1 atom stereocenters. The Morgan fingerprint density at radius 2 is 2.15 bits per heavy atom. The molecular weight excluding hydrogens is 266 g/mol. The van der Waals surface area contributed by atoms with Crippen molar-refractivity contribution in [2.75, 3.05) is 32.1 Å². The fourth-order valence-electron chi connectivity index (χ4n) is 2.56. The number of guanidine groups is 1. The summed E-state index contributed by atoms with van der Waals surface area (Å²) in [5.74, 6) is 2.81. The maximum Gasteiger partial charge on any atom is 0.190 e. The molecule has 0 amide bonds. The smallest absolute Gasteiger partial charge is 0.190 e. The van der Waals surface area contributed by atoms with Crippen LogP contribution in [0.25, 0.3) is 0 Å². The summed E-state index contributed by atoms with van der Waals surface area (Å²) >= 11 is 1.91. The lowest BCUT2D eigenvalue weighted by molar-refractivity contribution is 0.582. The van der Waals surface area contributed by atoms with Crippen LogP contribution in [0.5, 0.6) is 0 Å². The van der Waals surface area contributed by atoms with Gasteiger partial charge < -0.3 is 10.6 Å². The zero-order valence-corrected chi connectivity index (χ0v) is 13.3. The van der Waals surface area contributed by atoms with Crippen molar-refractivity contribution in [1.29, 1.82) is 0 Å². The van der Waals surface area contributed by atoms with E-state index in [9.17, 15) is 0 Å². The third-order valence-corrected chi connectivity index (χ3v) is 4.47. The van der Waals surface area contributed by atoms with E-state index in [-0.39, 0.29) is 0 Å². The van der Waals surface area contributed by atoms with Gasteiger partial charge in [0.2, 0.25) is 0 Å². The molecule has 0 aromatic heterocycles. The van der Waals surface area contributed by atoms with E-state index >= 15 is 0 Å². The first-order chi connectivity index (χ1) is 9.85. The van der Waals surface area contributed by atoms with Gasteiger partial charge in [-0.1, -0.05) is 24.3 Å². The third-order valence-electron chi connectivity index (χ3n) is 3.77. The van der Waals surface area contributed by atoms with Crippen LogP contribution in [0.4, 0.5) is 0 Å². The topological polar surface area (TPSA) is 36.4 Å². The third kappa shape index (κ3) is 4.17. The number of fused-ring (bicyclic) bond motifs is 1. The molecule has 0 saturated heterocycles. The van der Waals surface area contributed by atoms with Crippen molar-refractivity contribution in [3.8, 4) is 0 Å². The first-order valence-corrected chi connectivity index (χ1v) is 8.75. The largest absolute Gasteiger partial charge is 0.356 e. The van der Waals surface area contributed by atoms with Gasteiger partial charge in [0.25, 0.3) is 0 Å². The first kappa shape index (κ1) is 15.2. The second-order valence-corrected chi connectivity index (χ2v) is 6.17. The van der Waals surface area contributed by atoms with E-state index < -0.39 is 0 Å². The van der Waals surface area contributed by atoms with Crippen molar-refractivity contribution < 1.29 is 0 Å². The first-order valence-electron chi connectivity index (χ1n) is 7.36. The average molecular weight is 291 g/mol. The minimum atomic E-state index is 0.640. The molecule has 1 aromatic rings. The lowest BCUT2D eigenvalue weighted by Gasteiger charge is -2.30. The highest BCUT2D eigenvalue weighted by atomic mass is 32.2. The summed E-state index contributed by atoms with van der Waals surface area (Å²) in [6, 6.07) is 8.72. The van der Waals surface area contributed by atoms with Gasteiger partial charge in [-0.3, -0.25) is 4.99 Å². The predicted molar refractivity (Wildman–Crippen MR) is 89.9 cm³/mol. The molecular formula is C16H25N3S. The van der Waals surface area contributed by atoms with Gasteiger partial charge >= 0.3 is 0 Å². The standard InChI is InChI=1S/C16H25N3S/c1-17-16(18-9-5-6-10-20-2)19-12-14-11-13-7-3-4-8-15(13)14/h3-4,7-8,14H,5-6,9-12H2,1-2H3,(H2,17,18,19). The number of nitrogens with one attached hydrogen (secondary N) is 2. The molecule has 0 radical (unpaired) electrons. The Balaban J connectivity index is 1.65. The fourth-order valence-corrected chi connectivity index (χ4v) is 3.06. The van der Waals surface area contributed by atoms with Crippen LogP contribution in [-0.4, -0.2) is 38.1 Å². The Kier molecular flexibility index (Phi) is 6.25. The van der Waals surface area contributed by atoms with Crippen LogP contribution in [0.2, 0.25) is 0 Å². The fraction of sp³-hybridized carbons (Fsp3) is 0.562. The van der Waals surface area contributed by atoms with E-state index in [0.29, 0.717) is 5.92 Å². The number of hydrogen-bond donors (Lipinski definition) is 2. The molecule has 20 heavy (non-hydrogen) atoms. The molecule has 0 bridgehead atoms. The SMILES string of the molecule is CN=C(NCCCCSC)NCC1Cc2ccccc21. The molecule has 0 aliphatic heterocycles. The quantitative estimate of drug-likeness (QED) is 0.461. The summed E-state index contributed by atoms with van der Waals surface area (Å²) in [6.45, 7) is 1.98. The average Bonchev–Trinajstić information content (AvgIpc) is 2.46. The molecule has 2 N–H and O–H groups in total. The van der Waals surface area contributed by atoms with E-state index in [2.05, 4.69) is 46.1 Å². The van der Waals surface area contributed by atoms with Crippen LogP contribution in [0.3, 0.4) is 0 Å². The van der Waals surface area contributed by atoms with Gasteiger partial charge in [0, 0.05) is 26.1 Å². The number of thioether (sulfide) groups is 1. The lowest BCUT2D eigenvalue weighted by Crippen LogP contribution is -2.41. The second kappa shape index (κ2) is 8.20. The summed E-state index contributed by atoms with van der Waals surface area (Å²) in [6.07, 6.45) is 5.81. The van der Waals surface area contributed by atoms with Crippen LogP contribution in [0.15, 0.2) is 29.3 Å². The normalized spacial score (nSPS) is 17.3. The Labute approximate surface area is 126 Å². The van der Waals surface area contributed by atoms with Gasteiger partial charge in [-0.25, -0.2) is 0 Å². The zero-order valence-electron chi connectivity index (χ0n) is 12.5. The Morgan fingerprint density at radius 1 is 1.30 bits per heavy atom. The van der Waals surface area contributed by atoms with Gasteiger partial charge in [-0.15, -0.1) is 0 Å². The maximum absolute atomic E-state index is 4.28. The number of rotatable bonds is 7. The summed E-state index contributed by atoms with van der Waals surface area (Å²) in [5.41, 5.74) is 3.00. The van der Waals surface area contributed by atoms with Crippen molar-refractivity contribution in [3.63, 3.8) is 0 Å². The van der Waals surface area contributed by atoms with Crippen molar-refractivity contribution in [3.05, 3.63) is 35.4 Å². The van der Waals surface area contributed by atoms with Gasteiger partial charge in [0.05, 0.1) is 0 Å². The number of benzene rings is 1. The number of hydrogen-bond acceptors (Lipinski definition) is 2. The van der Waals surface area contributed by atoms with Crippen LogP contribution in [0.1, 0.15) is 29.9 Å². The summed E-state index contributed by atoms with van der Waals surface area (Å²) in [7, 11) is 1.84. The van der Waals surface area contributed by atoms with E-state index in [0.717, 1.165) is 19.0 Å². The lowest BCUT2D eigenvalue weighted by atomic mass is 9.78. The van der Waals surface area contributed by atoms with E-state index in [4.69, 9.17) is 0 Å². The zero-order chi connectivity index (χ0) is 14.2. The summed E-state index contributed by atoms with van der Waals surface area (Å²) in [4.78, 5) is 4.28. The second-order valence-electron chi connectivity index (χ2n) is 5.18. The van der Waals surface area contributed by atoms with Crippen molar-refractivity contribution >= 4 is 17.7 Å². The van der Waals surface area contributed by atoms with Crippen LogP contribution < -0.4 is 10.6 Å². The highest BCUT2D eigenvalue weighted by Gasteiger charge is 2.24. The molecule has 0 fully saturated rings. The maximum atomic E-state index is 4.28. The molecule has 1 aliphatic carbocycles. The molecule has 1 aliphatic rings. The molecule has 1 unspecified atom stereocenters. The molecule has 3 nitrogen and oxygen atoms in total. The van der Waals surface area contributed by atoms with Crippen molar-refractivity contribution in [2.45, 2.75) is 25.2 Å².